The summed E-state index contributed by atoms with van der Waals surface area (Å²) in [6, 6.07) is 7.10. The largest absolute Gasteiger partial charge is 0.383 e. The molecule has 8 heteroatoms. The number of hydrogen-bond donors (Lipinski definition) is 1. The minimum Gasteiger partial charge on any atom is -0.383 e. The fourth-order valence-corrected chi connectivity index (χ4v) is 3.44. The van der Waals surface area contributed by atoms with Gasteiger partial charge in [-0.15, -0.1) is 0 Å². The van der Waals surface area contributed by atoms with E-state index >= 15 is 0 Å². The van der Waals surface area contributed by atoms with Crippen LogP contribution < -0.4 is 5.73 Å². The second-order valence-electron chi connectivity index (χ2n) is 6.42. The zero-order valence-electron chi connectivity index (χ0n) is 14.6. The number of anilines is 1. The van der Waals surface area contributed by atoms with Crippen LogP contribution in [0.5, 0.6) is 0 Å². The number of nitrogen functional groups attached to an aromatic ring is 1. The van der Waals surface area contributed by atoms with Gasteiger partial charge in [0.1, 0.15) is 24.1 Å². The Morgan fingerprint density at radius 3 is 2.74 bits per heavy atom. The summed E-state index contributed by atoms with van der Waals surface area (Å²) in [4.78, 5) is 33.0. The van der Waals surface area contributed by atoms with E-state index in [1.807, 2.05) is 16.8 Å². The maximum absolute atomic E-state index is 11.9. The van der Waals surface area contributed by atoms with Gasteiger partial charge in [-0.05, 0) is 12.5 Å². The number of fused-ring (bicyclic) bond motifs is 1. The molecule has 0 aliphatic carbocycles. The van der Waals surface area contributed by atoms with E-state index in [4.69, 9.17) is 10.8 Å². The van der Waals surface area contributed by atoms with Crippen LogP contribution in [0.15, 0.2) is 43.2 Å². The van der Waals surface area contributed by atoms with E-state index in [0.717, 1.165) is 18.3 Å². The molecule has 3 heterocycles. The molecule has 1 saturated heterocycles. The van der Waals surface area contributed by atoms with Gasteiger partial charge in [0, 0.05) is 24.2 Å². The Hall–Kier alpha value is -3.55. The third-order valence-corrected chi connectivity index (χ3v) is 4.83. The maximum Gasteiger partial charge on any atom is 0.246 e. The molecule has 0 spiro atoms. The maximum atomic E-state index is 11.9. The normalized spacial score (nSPS) is 16.6. The van der Waals surface area contributed by atoms with Crippen molar-refractivity contribution in [1.29, 1.82) is 0 Å². The van der Waals surface area contributed by atoms with Gasteiger partial charge >= 0.3 is 0 Å². The van der Waals surface area contributed by atoms with Crippen LogP contribution in [-0.4, -0.2) is 49.9 Å². The van der Waals surface area contributed by atoms with Crippen LogP contribution in [0.25, 0.3) is 22.3 Å². The fraction of sp³-hybridized carbons (Fsp3) is 0.211. The molecule has 1 aliphatic rings. The van der Waals surface area contributed by atoms with Gasteiger partial charge in [0.25, 0.3) is 0 Å². The van der Waals surface area contributed by atoms with Gasteiger partial charge in [-0.2, -0.15) is 5.10 Å². The first-order chi connectivity index (χ1) is 13.1. The standard InChI is InChI=1S/C19H18N6O2/c1-2-15(27)24-8-7-14(9-24)25-19-16(18(20)21-11-22-19)17(23-25)13-5-3-12(10-26)4-6-13/h2-6,10-11,14H,1,7-9H2,(H2,20,21,22). The predicted molar refractivity (Wildman–Crippen MR) is 101 cm³/mol. The SMILES string of the molecule is C=CC(=O)N1CCC(n2nc(-c3ccc(C=O)cc3)c3c(N)ncnc32)C1. The van der Waals surface area contributed by atoms with Crippen LogP contribution in [0.2, 0.25) is 0 Å². The van der Waals surface area contributed by atoms with Crippen LogP contribution in [-0.2, 0) is 4.79 Å². The molecule has 2 aromatic heterocycles. The van der Waals surface area contributed by atoms with Gasteiger partial charge < -0.3 is 10.6 Å². The van der Waals surface area contributed by atoms with Crippen LogP contribution in [0, 0.1) is 0 Å². The van der Waals surface area contributed by atoms with Gasteiger partial charge in [-0.3, -0.25) is 9.59 Å². The van der Waals surface area contributed by atoms with Crippen LogP contribution in [0.3, 0.4) is 0 Å². The molecule has 1 amide bonds. The summed E-state index contributed by atoms with van der Waals surface area (Å²) >= 11 is 0. The molecular weight excluding hydrogens is 344 g/mol. The molecular formula is C19H18N6O2. The van der Waals surface area contributed by atoms with Crippen molar-refractivity contribution >= 4 is 29.0 Å². The number of likely N-dealkylation sites (tertiary alicyclic amines) is 1. The van der Waals surface area contributed by atoms with E-state index in [2.05, 4.69) is 16.5 Å². The highest BCUT2D eigenvalue weighted by Crippen LogP contribution is 2.33. The number of aromatic nitrogens is 4. The first kappa shape index (κ1) is 16.9. The van der Waals surface area contributed by atoms with E-state index < -0.39 is 0 Å². The third-order valence-electron chi connectivity index (χ3n) is 4.83. The van der Waals surface area contributed by atoms with Crippen molar-refractivity contribution in [2.45, 2.75) is 12.5 Å². The van der Waals surface area contributed by atoms with Gasteiger partial charge in [0.05, 0.1) is 11.4 Å². The molecule has 27 heavy (non-hydrogen) atoms. The molecule has 0 bridgehead atoms. The van der Waals surface area contributed by atoms with Crippen LogP contribution in [0.1, 0.15) is 22.8 Å². The highest BCUT2D eigenvalue weighted by Gasteiger charge is 2.29. The quantitative estimate of drug-likeness (QED) is 0.561. The van der Waals surface area contributed by atoms with Crippen molar-refractivity contribution in [2.24, 2.45) is 0 Å². The lowest BCUT2D eigenvalue weighted by atomic mass is 10.1. The summed E-state index contributed by atoms with van der Waals surface area (Å²) in [6.07, 6.45) is 4.30. The summed E-state index contributed by atoms with van der Waals surface area (Å²) in [7, 11) is 0. The van der Waals surface area contributed by atoms with E-state index in [9.17, 15) is 9.59 Å². The number of benzene rings is 1. The number of hydrogen-bond acceptors (Lipinski definition) is 6. The summed E-state index contributed by atoms with van der Waals surface area (Å²) in [6.45, 7) is 4.72. The average Bonchev–Trinajstić information content (AvgIpc) is 3.33. The number of carbonyl (C=O) groups is 2. The number of nitrogens with two attached hydrogens (primary N) is 1. The molecule has 1 aliphatic heterocycles. The second-order valence-corrected chi connectivity index (χ2v) is 6.42. The molecule has 8 nitrogen and oxygen atoms in total. The lowest BCUT2D eigenvalue weighted by Crippen LogP contribution is -2.27. The number of rotatable bonds is 4. The molecule has 0 radical (unpaired) electrons. The number of nitrogens with zero attached hydrogens (tertiary/aromatic N) is 5. The molecule has 1 fully saturated rings. The second kappa shape index (κ2) is 6.64. The van der Waals surface area contributed by atoms with Gasteiger partial charge in [0.15, 0.2) is 5.65 Å². The Labute approximate surface area is 155 Å². The van der Waals surface area contributed by atoms with E-state index in [1.54, 1.807) is 17.0 Å². The zero-order valence-corrected chi connectivity index (χ0v) is 14.6. The smallest absolute Gasteiger partial charge is 0.246 e. The Morgan fingerprint density at radius 2 is 2.04 bits per heavy atom. The van der Waals surface area contributed by atoms with Gasteiger partial charge in [-0.25, -0.2) is 14.6 Å². The first-order valence-corrected chi connectivity index (χ1v) is 8.58. The average molecular weight is 362 g/mol. The Balaban J connectivity index is 1.81. The lowest BCUT2D eigenvalue weighted by Gasteiger charge is -2.14. The van der Waals surface area contributed by atoms with Crippen LogP contribution in [0.4, 0.5) is 5.82 Å². The summed E-state index contributed by atoms with van der Waals surface area (Å²) in [5.74, 6) is 0.255. The van der Waals surface area contributed by atoms with Gasteiger partial charge in [-0.1, -0.05) is 30.8 Å². The first-order valence-electron chi connectivity index (χ1n) is 8.58. The van der Waals surface area contributed by atoms with Crippen molar-refractivity contribution in [3.8, 4) is 11.3 Å². The molecule has 1 unspecified atom stereocenters. The van der Waals surface area contributed by atoms with Crippen molar-refractivity contribution in [1.82, 2.24) is 24.6 Å². The minimum absolute atomic E-state index is 0.00583. The molecule has 4 rings (SSSR count). The number of carbonyl (C=O) groups excluding carboxylic acids is 2. The predicted octanol–water partition coefficient (Wildman–Crippen LogP) is 1.85. The Morgan fingerprint density at radius 1 is 1.26 bits per heavy atom. The highest BCUT2D eigenvalue weighted by atomic mass is 16.2. The fourth-order valence-electron chi connectivity index (χ4n) is 3.44. The molecule has 136 valence electrons. The van der Waals surface area contributed by atoms with E-state index in [-0.39, 0.29) is 11.9 Å². The van der Waals surface area contributed by atoms with Crippen molar-refractivity contribution < 1.29 is 9.59 Å². The molecule has 1 aromatic carbocycles. The number of aldehydes is 1. The minimum atomic E-state index is -0.0900. The van der Waals surface area contributed by atoms with Gasteiger partial charge in [0.2, 0.25) is 5.91 Å². The van der Waals surface area contributed by atoms with Crippen LogP contribution >= 0.6 is 0 Å². The molecule has 3 aromatic rings. The Bertz CT molecular complexity index is 1040. The summed E-state index contributed by atoms with van der Waals surface area (Å²) in [5.41, 5.74) is 8.82. The lowest BCUT2D eigenvalue weighted by molar-refractivity contribution is -0.125. The van der Waals surface area contributed by atoms with E-state index in [1.165, 1.54) is 12.4 Å². The molecule has 1 atom stereocenters. The van der Waals surface area contributed by atoms with Crippen molar-refractivity contribution in [3.63, 3.8) is 0 Å². The zero-order chi connectivity index (χ0) is 19.0. The monoisotopic (exact) mass is 362 g/mol. The Kier molecular flexibility index (Phi) is 4.15. The van der Waals surface area contributed by atoms with E-state index in [0.29, 0.717) is 41.2 Å². The summed E-state index contributed by atoms with van der Waals surface area (Å²) < 4.78 is 1.83. The third kappa shape index (κ3) is 2.84. The topological polar surface area (TPSA) is 107 Å². The van der Waals surface area contributed by atoms with Crippen molar-refractivity contribution in [2.75, 3.05) is 18.8 Å². The number of amides is 1. The molecule has 0 saturated carbocycles. The highest BCUT2D eigenvalue weighted by molar-refractivity contribution is 5.98. The summed E-state index contributed by atoms with van der Waals surface area (Å²) in [5, 5.41) is 5.43. The van der Waals surface area contributed by atoms with Crippen molar-refractivity contribution in [3.05, 3.63) is 48.8 Å². The molecule has 2 N–H and O–H groups in total.